The maximum Gasteiger partial charge on any atom is 0.131 e. The number of rotatable bonds is 6. The highest BCUT2D eigenvalue weighted by Crippen LogP contribution is 2.20. The topological polar surface area (TPSA) is 44.5 Å². The van der Waals surface area contributed by atoms with Crippen LogP contribution in [0.5, 0.6) is 11.5 Å². The average Bonchev–Trinajstić information content (AvgIpc) is 2.45. The molecule has 0 saturated heterocycles. The minimum atomic E-state index is -0.351. The molecule has 0 fully saturated rings. The van der Waals surface area contributed by atoms with Crippen molar-refractivity contribution in [2.75, 3.05) is 13.2 Å². The predicted octanol–water partition coefficient (Wildman–Crippen LogP) is 4.07. The maximum absolute atomic E-state index is 13.7. The Labute approximate surface area is 132 Å². The van der Waals surface area contributed by atoms with Gasteiger partial charge in [-0.2, -0.15) is 0 Å². The Morgan fingerprint density at radius 3 is 2.19 bits per heavy atom. The van der Waals surface area contributed by atoms with E-state index in [1.807, 2.05) is 24.3 Å². The molecule has 0 heterocycles. The third kappa shape index (κ3) is 4.72. The molecule has 2 rings (SSSR count). The number of ether oxygens (including phenoxy) is 2. The molecule has 0 saturated carbocycles. The Hall–Kier alpha value is -1.59. The predicted molar refractivity (Wildman–Crippen MR) is 84.1 cm³/mol. The van der Waals surface area contributed by atoms with Gasteiger partial charge in [-0.1, -0.05) is 22.0 Å². The van der Waals surface area contributed by atoms with Crippen LogP contribution in [0.15, 0.2) is 46.9 Å². The zero-order valence-electron chi connectivity index (χ0n) is 11.7. The molecule has 0 radical (unpaired) electrons. The smallest absolute Gasteiger partial charge is 0.131 e. The van der Waals surface area contributed by atoms with Crippen LogP contribution in [0.2, 0.25) is 0 Å². The van der Waals surface area contributed by atoms with E-state index in [0.717, 1.165) is 10.2 Å². The number of hydrogen-bond donors (Lipinski definition) is 1. The van der Waals surface area contributed by atoms with Crippen molar-refractivity contribution >= 4 is 15.9 Å². The molecule has 0 aliphatic heterocycles. The summed E-state index contributed by atoms with van der Waals surface area (Å²) in [5.74, 6) is 0.882. The lowest BCUT2D eigenvalue weighted by Crippen LogP contribution is -2.10. The molecule has 112 valence electrons. The van der Waals surface area contributed by atoms with E-state index in [4.69, 9.17) is 15.2 Å². The summed E-state index contributed by atoms with van der Waals surface area (Å²) in [5.41, 5.74) is 6.14. The van der Waals surface area contributed by atoms with E-state index in [2.05, 4.69) is 15.9 Å². The summed E-state index contributed by atoms with van der Waals surface area (Å²) in [4.78, 5) is 0. The Balaban J connectivity index is 1.81. The molecule has 21 heavy (non-hydrogen) atoms. The second-order valence-corrected chi connectivity index (χ2v) is 5.54. The first-order valence-corrected chi connectivity index (χ1v) is 7.42. The van der Waals surface area contributed by atoms with Gasteiger partial charge in [0, 0.05) is 22.1 Å². The molecular formula is C16H17BrFNO2. The Bertz CT molecular complexity index is 587. The third-order valence-corrected chi connectivity index (χ3v) is 3.43. The third-order valence-electron chi connectivity index (χ3n) is 2.90. The van der Waals surface area contributed by atoms with Crippen molar-refractivity contribution in [1.82, 2.24) is 0 Å². The van der Waals surface area contributed by atoms with Crippen molar-refractivity contribution in [3.63, 3.8) is 0 Å². The van der Waals surface area contributed by atoms with Crippen molar-refractivity contribution in [2.24, 2.45) is 5.73 Å². The largest absolute Gasteiger partial charge is 0.490 e. The molecule has 0 aliphatic rings. The number of halogens is 2. The molecule has 0 aliphatic carbocycles. The first kappa shape index (κ1) is 15.8. The summed E-state index contributed by atoms with van der Waals surface area (Å²) in [6, 6.07) is 11.9. The fourth-order valence-electron chi connectivity index (χ4n) is 1.82. The SMILES string of the molecule is C[C@@H](N)c1ccc(OCCOc2ccc(Br)cc2)cc1F. The first-order valence-electron chi connectivity index (χ1n) is 6.62. The van der Waals surface area contributed by atoms with Gasteiger partial charge in [-0.15, -0.1) is 0 Å². The zero-order chi connectivity index (χ0) is 15.2. The molecule has 2 aromatic rings. The molecule has 0 aromatic heterocycles. The van der Waals surface area contributed by atoms with Crippen LogP contribution in [-0.2, 0) is 0 Å². The van der Waals surface area contributed by atoms with Crippen molar-refractivity contribution in [1.29, 1.82) is 0 Å². The van der Waals surface area contributed by atoms with Crippen molar-refractivity contribution in [3.8, 4) is 11.5 Å². The zero-order valence-corrected chi connectivity index (χ0v) is 13.3. The number of benzene rings is 2. The van der Waals surface area contributed by atoms with Gasteiger partial charge in [0.1, 0.15) is 30.5 Å². The van der Waals surface area contributed by atoms with Gasteiger partial charge in [0.05, 0.1) is 0 Å². The molecule has 5 heteroatoms. The van der Waals surface area contributed by atoms with Gasteiger partial charge in [-0.05, 0) is 37.3 Å². The van der Waals surface area contributed by atoms with E-state index in [-0.39, 0.29) is 11.9 Å². The highest BCUT2D eigenvalue weighted by atomic mass is 79.9. The maximum atomic E-state index is 13.7. The summed E-state index contributed by atoms with van der Waals surface area (Å²) >= 11 is 3.36. The standard InChI is InChI=1S/C16H17BrFNO2/c1-11(19)15-7-6-14(10-16(15)18)21-9-8-20-13-4-2-12(17)3-5-13/h2-7,10-11H,8-9,19H2,1H3/t11-/m1/s1. The van der Waals surface area contributed by atoms with Crippen molar-refractivity contribution in [2.45, 2.75) is 13.0 Å². The van der Waals surface area contributed by atoms with Crippen LogP contribution >= 0.6 is 15.9 Å². The molecule has 0 amide bonds. The summed E-state index contributed by atoms with van der Waals surface area (Å²) in [6.45, 7) is 2.47. The average molecular weight is 354 g/mol. The molecule has 1 atom stereocenters. The van der Waals surface area contributed by atoms with Crippen LogP contribution in [-0.4, -0.2) is 13.2 Å². The van der Waals surface area contributed by atoms with Crippen LogP contribution in [0, 0.1) is 5.82 Å². The minimum absolute atomic E-state index is 0.334. The van der Waals surface area contributed by atoms with Crippen LogP contribution in [0.3, 0.4) is 0 Å². The Morgan fingerprint density at radius 1 is 1.05 bits per heavy atom. The molecule has 3 nitrogen and oxygen atoms in total. The normalized spacial score (nSPS) is 12.0. The van der Waals surface area contributed by atoms with E-state index in [1.54, 1.807) is 19.1 Å². The number of nitrogens with two attached hydrogens (primary N) is 1. The summed E-state index contributed by atoms with van der Waals surface area (Å²) in [5, 5.41) is 0. The van der Waals surface area contributed by atoms with Gasteiger partial charge < -0.3 is 15.2 Å². The van der Waals surface area contributed by atoms with Crippen molar-refractivity contribution in [3.05, 3.63) is 58.3 Å². The second-order valence-electron chi connectivity index (χ2n) is 4.62. The molecule has 0 bridgehead atoms. The highest BCUT2D eigenvalue weighted by Gasteiger charge is 2.08. The van der Waals surface area contributed by atoms with Crippen LogP contribution in [0.1, 0.15) is 18.5 Å². The Kier molecular flexibility index (Phi) is 5.59. The van der Waals surface area contributed by atoms with E-state index in [0.29, 0.717) is 24.5 Å². The quantitative estimate of drug-likeness (QED) is 0.796. The van der Waals surface area contributed by atoms with Gasteiger partial charge in [0.25, 0.3) is 0 Å². The van der Waals surface area contributed by atoms with E-state index in [9.17, 15) is 4.39 Å². The number of hydrogen-bond acceptors (Lipinski definition) is 3. The summed E-state index contributed by atoms with van der Waals surface area (Å²) in [6.07, 6.45) is 0. The fraction of sp³-hybridized carbons (Fsp3) is 0.250. The van der Waals surface area contributed by atoms with Gasteiger partial charge in [0.15, 0.2) is 0 Å². The fourth-order valence-corrected chi connectivity index (χ4v) is 2.08. The lowest BCUT2D eigenvalue weighted by molar-refractivity contribution is 0.216. The van der Waals surface area contributed by atoms with E-state index < -0.39 is 0 Å². The monoisotopic (exact) mass is 353 g/mol. The molecule has 2 aromatic carbocycles. The summed E-state index contributed by atoms with van der Waals surface area (Å²) in [7, 11) is 0. The van der Waals surface area contributed by atoms with E-state index in [1.165, 1.54) is 6.07 Å². The molecule has 2 N–H and O–H groups in total. The first-order chi connectivity index (χ1) is 10.1. The molecule has 0 spiro atoms. The van der Waals surface area contributed by atoms with E-state index >= 15 is 0 Å². The van der Waals surface area contributed by atoms with Crippen LogP contribution in [0.4, 0.5) is 4.39 Å². The summed E-state index contributed by atoms with van der Waals surface area (Å²) < 4.78 is 25.7. The van der Waals surface area contributed by atoms with Crippen LogP contribution < -0.4 is 15.2 Å². The second kappa shape index (κ2) is 7.43. The lowest BCUT2D eigenvalue weighted by atomic mass is 10.1. The van der Waals surface area contributed by atoms with Gasteiger partial charge in [-0.25, -0.2) is 4.39 Å². The lowest BCUT2D eigenvalue weighted by Gasteiger charge is -2.11. The van der Waals surface area contributed by atoms with Crippen LogP contribution in [0.25, 0.3) is 0 Å². The van der Waals surface area contributed by atoms with Gasteiger partial charge >= 0.3 is 0 Å². The molecule has 0 unspecified atom stereocenters. The van der Waals surface area contributed by atoms with Gasteiger partial charge in [-0.3, -0.25) is 0 Å². The Morgan fingerprint density at radius 2 is 1.62 bits per heavy atom. The van der Waals surface area contributed by atoms with Crippen molar-refractivity contribution < 1.29 is 13.9 Å². The highest BCUT2D eigenvalue weighted by molar-refractivity contribution is 9.10. The minimum Gasteiger partial charge on any atom is -0.490 e. The molecular weight excluding hydrogens is 337 g/mol. The van der Waals surface area contributed by atoms with Gasteiger partial charge in [0.2, 0.25) is 0 Å².